The van der Waals surface area contributed by atoms with Gasteiger partial charge >= 0.3 is 11.9 Å². The van der Waals surface area contributed by atoms with Crippen LogP contribution < -0.4 is 16.2 Å². The number of nitrogens with one attached hydrogen (secondary N) is 3. The Balaban J connectivity index is 2.19. The first kappa shape index (κ1) is 24.2. The largest absolute Gasteiger partial charge is 0.461 e. The van der Waals surface area contributed by atoms with E-state index in [1.165, 1.54) is 19.1 Å². The van der Waals surface area contributed by atoms with E-state index in [9.17, 15) is 14.7 Å². The molecule has 1 aromatic rings. The third-order valence-electron chi connectivity index (χ3n) is 5.74. The van der Waals surface area contributed by atoms with E-state index in [1.54, 1.807) is 24.3 Å². The van der Waals surface area contributed by atoms with Crippen molar-refractivity contribution in [2.75, 3.05) is 13.2 Å². The van der Waals surface area contributed by atoms with Crippen molar-refractivity contribution < 1.29 is 24.2 Å². The number of halogens is 1. The van der Waals surface area contributed by atoms with E-state index in [0.29, 0.717) is 10.6 Å². The van der Waals surface area contributed by atoms with Crippen molar-refractivity contribution in [2.45, 2.75) is 30.5 Å². The zero-order valence-electron chi connectivity index (χ0n) is 17.6. The van der Waals surface area contributed by atoms with E-state index >= 15 is 0 Å². The fraction of sp³-hybridized carbons (Fsp3) is 0.409. The molecule has 1 heterocycles. The molecule has 1 aromatic carbocycles. The summed E-state index contributed by atoms with van der Waals surface area (Å²) in [4.78, 5) is 26.5. The van der Waals surface area contributed by atoms with E-state index in [-0.39, 0.29) is 24.7 Å². The number of esters is 2. The molecule has 1 saturated carbocycles. The summed E-state index contributed by atoms with van der Waals surface area (Å²) in [5, 5.41) is 15.3. The zero-order chi connectivity index (χ0) is 23.5. The van der Waals surface area contributed by atoms with Gasteiger partial charge in [0.2, 0.25) is 0 Å². The number of ether oxygens (including phenoxy) is 2. The number of hydrazine groups is 1. The maximum absolute atomic E-state index is 13.4. The molecule has 3 rings (SSSR count). The predicted octanol–water partition coefficient (Wildman–Crippen LogP) is 1.95. The number of thiocarbonyl (C=S) groups is 1. The van der Waals surface area contributed by atoms with Gasteiger partial charge in [0.05, 0.1) is 11.5 Å². The Morgan fingerprint density at radius 2 is 1.75 bits per heavy atom. The highest BCUT2D eigenvalue weighted by molar-refractivity contribution is 7.80. The lowest BCUT2D eigenvalue weighted by Gasteiger charge is -2.52. The van der Waals surface area contributed by atoms with Crippen molar-refractivity contribution >= 4 is 40.9 Å². The summed E-state index contributed by atoms with van der Waals surface area (Å²) in [5.74, 6) is -4.15. The van der Waals surface area contributed by atoms with Crippen LogP contribution in [0.15, 0.2) is 49.6 Å². The Labute approximate surface area is 197 Å². The molecule has 5 atom stereocenters. The smallest absolute Gasteiger partial charge is 0.313 e. The molecule has 1 saturated heterocycles. The molecule has 172 valence electrons. The van der Waals surface area contributed by atoms with Gasteiger partial charge in [-0.2, -0.15) is 0 Å². The molecular weight excluding hydrogens is 454 g/mol. The van der Waals surface area contributed by atoms with Crippen LogP contribution in [0, 0.1) is 11.8 Å². The van der Waals surface area contributed by atoms with Crippen LogP contribution in [0.1, 0.15) is 24.8 Å². The van der Waals surface area contributed by atoms with Crippen LogP contribution in [0.3, 0.4) is 0 Å². The summed E-state index contributed by atoms with van der Waals surface area (Å²) in [6.07, 6.45) is 2.85. The lowest BCUT2D eigenvalue weighted by atomic mass is 9.58. The summed E-state index contributed by atoms with van der Waals surface area (Å²) < 4.78 is 10.8. The highest BCUT2D eigenvalue weighted by Gasteiger charge is 2.65. The summed E-state index contributed by atoms with van der Waals surface area (Å²) in [6, 6.07) is 6.74. The molecule has 0 amide bonds. The topological polar surface area (TPSA) is 109 Å². The number of benzene rings is 1. The second-order valence-electron chi connectivity index (χ2n) is 8.08. The first-order valence-corrected chi connectivity index (χ1v) is 10.8. The van der Waals surface area contributed by atoms with Crippen LogP contribution in [0.2, 0.25) is 5.02 Å². The maximum atomic E-state index is 13.4. The minimum atomic E-state index is -1.58. The van der Waals surface area contributed by atoms with E-state index in [1.807, 2.05) is 0 Å². The molecule has 0 radical (unpaired) electrons. The van der Waals surface area contributed by atoms with E-state index < -0.39 is 41.0 Å². The van der Waals surface area contributed by atoms with Gasteiger partial charge < -0.3 is 19.9 Å². The Morgan fingerprint density at radius 1 is 1.19 bits per heavy atom. The van der Waals surface area contributed by atoms with Gasteiger partial charge in [0.15, 0.2) is 5.11 Å². The third-order valence-corrected chi connectivity index (χ3v) is 6.20. The molecule has 2 aliphatic rings. The number of aliphatic hydroxyl groups is 1. The minimum Gasteiger partial charge on any atom is -0.461 e. The van der Waals surface area contributed by atoms with Crippen molar-refractivity contribution in [1.29, 1.82) is 0 Å². The number of hydrogen-bond donors (Lipinski definition) is 4. The molecule has 1 spiro atoms. The second kappa shape index (κ2) is 9.58. The quantitative estimate of drug-likeness (QED) is 0.265. The summed E-state index contributed by atoms with van der Waals surface area (Å²) in [7, 11) is 0. The van der Waals surface area contributed by atoms with Gasteiger partial charge in [0.1, 0.15) is 24.8 Å². The first-order chi connectivity index (χ1) is 15.1. The van der Waals surface area contributed by atoms with Gasteiger partial charge in [0.25, 0.3) is 0 Å². The van der Waals surface area contributed by atoms with Gasteiger partial charge in [-0.25, -0.2) is 5.43 Å². The molecule has 0 bridgehead atoms. The summed E-state index contributed by atoms with van der Waals surface area (Å²) in [6.45, 7) is 8.64. The van der Waals surface area contributed by atoms with Gasteiger partial charge in [-0.15, -0.1) is 0 Å². The van der Waals surface area contributed by atoms with Gasteiger partial charge in [0, 0.05) is 17.4 Å². The van der Waals surface area contributed by atoms with Crippen LogP contribution in [0.4, 0.5) is 0 Å². The Morgan fingerprint density at radius 3 is 2.25 bits per heavy atom. The molecule has 1 aliphatic heterocycles. The van der Waals surface area contributed by atoms with Crippen molar-refractivity contribution in [2.24, 2.45) is 11.8 Å². The summed E-state index contributed by atoms with van der Waals surface area (Å²) in [5.41, 5.74) is 3.61. The SMILES string of the molecule is C=CCOC(=O)C1C(c2ccc(Cl)cc2)C(C(=O)OCC=C)C2(CC1(C)O)NNC(=S)N2. The highest BCUT2D eigenvalue weighted by atomic mass is 35.5. The molecule has 32 heavy (non-hydrogen) atoms. The van der Waals surface area contributed by atoms with Gasteiger partial charge in [-0.3, -0.25) is 15.0 Å². The molecular formula is C22H26ClN3O5S. The minimum absolute atomic E-state index is 0.0153. The fourth-order valence-corrected chi connectivity index (χ4v) is 4.99. The van der Waals surface area contributed by atoms with E-state index in [2.05, 4.69) is 29.3 Å². The van der Waals surface area contributed by atoms with Crippen LogP contribution >= 0.6 is 23.8 Å². The number of carbonyl (C=O) groups excluding carboxylic acids is 2. The fourth-order valence-electron chi connectivity index (χ4n) is 4.63. The molecule has 5 unspecified atom stereocenters. The number of hydrogen-bond acceptors (Lipinski definition) is 7. The normalized spacial score (nSPS) is 31.3. The highest BCUT2D eigenvalue weighted by Crippen LogP contribution is 2.52. The molecule has 0 aromatic heterocycles. The van der Waals surface area contributed by atoms with Crippen LogP contribution in [-0.2, 0) is 19.1 Å². The van der Waals surface area contributed by atoms with Crippen molar-refractivity contribution in [3.05, 3.63) is 60.2 Å². The Bertz CT molecular complexity index is 923. The van der Waals surface area contributed by atoms with Gasteiger partial charge in [-0.05, 0) is 36.8 Å². The van der Waals surface area contributed by atoms with Crippen molar-refractivity contribution in [1.82, 2.24) is 16.2 Å². The molecule has 1 aliphatic carbocycles. The maximum Gasteiger partial charge on any atom is 0.313 e. The van der Waals surface area contributed by atoms with Crippen LogP contribution in [0.25, 0.3) is 0 Å². The second-order valence-corrected chi connectivity index (χ2v) is 8.92. The molecule has 8 nitrogen and oxygen atoms in total. The molecule has 10 heteroatoms. The zero-order valence-corrected chi connectivity index (χ0v) is 19.2. The average molecular weight is 480 g/mol. The van der Waals surface area contributed by atoms with Crippen LogP contribution in [-0.4, -0.2) is 46.6 Å². The Hall–Kier alpha value is -2.46. The number of rotatable bonds is 7. The van der Waals surface area contributed by atoms with Crippen LogP contribution in [0.5, 0.6) is 0 Å². The van der Waals surface area contributed by atoms with E-state index in [0.717, 1.165) is 0 Å². The average Bonchev–Trinajstić information content (AvgIpc) is 3.09. The van der Waals surface area contributed by atoms with Crippen molar-refractivity contribution in [3.63, 3.8) is 0 Å². The van der Waals surface area contributed by atoms with E-state index in [4.69, 9.17) is 33.3 Å². The third kappa shape index (κ3) is 4.66. The monoisotopic (exact) mass is 479 g/mol. The molecule has 4 N–H and O–H groups in total. The Kier molecular flexibility index (Phi) is 7.24. The van der Waals surface area contributed by atoms with Crippen molar-refractivity contribution in [3.8, 4) is 0 Å². The standard InChI is InChI=1S/C22H26ClN3O5S/c1-4-10-30-18(27)16-15(13-6-8-14(23)9-7-13)17(19(28)31-11-5-2)22(12-21(16,3)29)24-20(32)25-26-22/h4-9,15-17,26,29H,1-2,10-12H2,3H3,(H2,24,25,32). The summed E-state index contributed by atoms with van der Waals surface area (Å²) >= 11 is 11.3. The van der Waals surface area contributed by atoms with Gasteiger partial charge in [-0.1, -0.05) is 49.0 Å². The predicted molar refractivity (Wildman–Crippen MR) is 123 cm³/mol. The number of carbonyl (C=O) groups is 2. The lowest BCUT2D eigenvalue weighted by Crippen LogP contribution is -2.70. The molecule has 2 fully saturated rings. The first-order valence-electron chi connectivity index (χ1n) is 10.0. The lowest BCUT2D eigenvalue weighted by molar-refractivity contribution is -0.179.